The molecule has 0 unspecified atom stereocenters. The molecule has 2 aromatic carbocycles. The Labute approximate surface area is 158 Å². The summed E-state index contributed by atoms with van der Waals surface area (Å²) in [5.41, 5.74) is 3.87. The van der Waals surface area contributed by atoms with Gasteiger partial charge in [-0.2, -0.15) is 0 Å². The molecule has 0 spiro atoms. The Morgan fingerprint density at radius 3 is 2.74 bits per heavy atom. The minimum absolute atomic E-state index is 0.383. The van der Waals surface area contributed by atoms with Gasteiger partial charge in [0.2, 0.25) is 0 Å². The molecule has 0 bridgehead atoms. The molecule has 0 radical (unpaired) electrons. The van der Waals surface area contributed by atoms with Gasteiger partial charge in [-0.05, 0) is 29.8 Å². The number of benzene rings is 2. The van der Waals surface area contributed by atoms with Crippen LogP contribution in [0.25, 0.3) is 17.1 Å². The monoisotopic (exact) mass is 365 g/mol. The minimum Gasteiger partial charge on any atom is -0.466 e. The van der Waals surface area contributed by atoms with Gasteiger partial charge in [-0.15, -0.1) is 0 Å². The van der Waals surface area contributed by atoms with Crippen molar-refractivity contribution in [3.63, 3.8) is 0 Å². The lowest BCUT2D eigenvalue weighted by Gasteiger charge is -2.12. The Hall–Kier alpha value is -3.12. The summed E-state index contributed by atoms with van der Waals surface area (Å²) in [6.45, 7) is 1.91. The van der Waals surface area contributed by atoms with Crippen LogP contribution in [-0.4, -0.2) is 36.3 Å². The smallest absolute Gasteiger partial charge is 0.330 e. The number of fused-ring (bicyclic) bond motifs is 1. The third-order valence-electron chi connectivity index (χ3n) is 4.25. The predicted octanol–water partition coefficient (Wildman–Crippen LogP) is 3.48. The molecule has 6 nitrogen and oxygen atoms in total. The van der Waals surface area contributed by atoms with Gasteiger partial charge >= 0.3 is 5.97 Å². The molecular weight excluding hydrogens is 342 g/mol. The second-order valence-corrected chi connectivity index (χ2v) is 5.96. The number of hydrogen-bond acceptors (Lipinski definition) is 5. The molecule has 1 N–H and O–H groups in total. The summed E-state index contributed by atoms with van der Waals surface area (Å²) < 4.78 is 12.1. The van der Waals surface area contributed by atoms with Crippen molar-refractivity contribution in [3.8, 4) is 0 Å². The molecule has 3 rings (SSSR count). The number of hydrogen-bond donors (Lipinski definition) is 1. The van der Waals surface area contributed by atoms with Crippen LogP contribution < -0.4 is 5.32 Å². The van der Waals surface area contributed by atoms with Crippen LogP contribution in [0.2, 0.25) is 0 Å². The number of ether oxygens (including phenoxy) is 2. The van der Waals surface area contributed by atoms with Crippen LogP contribution in [0.1, 0.15) is 11.4 Å². The molecule has 1 heterocycles. The zero-order valence-electron chi connectivity index (χ0n) is 15.5. The number of imidazole rings is 1. The molecule has 1 aromatic heterocycles. The van der Waals surface area contributed by atoms with E-state index >= 15 is 0 Å². The minimum atomic E-state index is -0.383. The molecule has 140 valence electrons. The summed E-state index contributed by atoms with van der Waals surface area (Å²) in [4.78, 5) is 16.1. The first-order valence-corrected chi connectivity index (χ1v) is 8.75. The molecule has 0 saturated heterocycles. The SMILES string of the molecule is COCCn1c(CNc2ccccc2/C=C/C(=O)OC)nc2ccccc21. The van der Waals surface area contributed by atoms with Gasteiger partial charge in [0.05, 0.1) is 31.3 Å². The molecule has 0 aliphatic heterocycles. The van der Waals surface area contributed by atoms with Crippen molar-refractivity contribution in [1.82, 2.24) is 9.55 Å². The standard InChI is InChI=1S/C21H23N3O3/c1-26-14-13-24-19-10-6-5-9-18(19)23-20(24)15-22-17-8-4-3-7-16(17)11-12-21(25)27-2/h3-12,22H,13-15H2,1-2H3/b12-11+. The first-order chi connectivity index (χ1) is 13.2. The molecule has 0 fully saturated rings. The van der Waals surface area contributed by atoms with Gasteiger partial charge in [0, 0.05) is 25.4 Å². The molecule has 3 aromatic rings. The number of para-hydroxylation sites is 3. The highest BCUT2D eigenvalue weighted by Crippen LogP contribution is 2.20. The molecule has 0 atom stereocenters. The Bertz CT molecular complexity index is 947. The van der Waals surface area contributed by atoms with Crippen LogP contribution in [0.5, 0.6) is 0 Å². The number of methoxy groups -OCH3 is 2. The summed E-state index contributed by atoms with van der Waals surface area (Å²) in [7, 11) is 3.06. The van der Waals surface area contributed by atoms with Crippen molar-refractivity contribution in [2.24, 2.45) is 0 Å². The van der Waals surface area contributed by atoms with Crippen LogP contribution in [-0.2, 0) is 27.4 Å². The van der Waals surface area contributed by atoms with Crippen LogP contribution >= 0.6 is 0 Å². The van der Waals surface area contributed by atoms with E-state index < -0.39 is 0 Å². The lowest BCUT2D eigenvalue weighted by Crippen LogP contribution is -2.12. The summed E-state index contributed by atoms with van der Waals surface area (Å²) >= 11 is 0. The maximum Gasteiger partial charge on any atom is 0.330 e. The second kappa shape index (κ2) is 9.00. The van der Waals surface area contributed by atoms with Crippen molar-refractivity contribution in [3.05, 3.63) is 66.0 Å². The van der Waals surface area contributed by atoms with Crippen LogP contribution in [0.15, 0.2) is 54.6 Å². The van der Waals surface area contributed by atoms with E-state index in [0.717, 1.165) is 34.7 Å². The van der Waals surface area contributed by atoms with Crippen LogP contribution in [0, 0.1) is 0 Å². The van der Waals surface area contributed by atoms with Crippen molar-refractivity contribution < 1.29 is 14.3 Å². The number of esters is 1. The second-order valence-electron chi connectivity index (χ2n) is 5.96. The van der Waals surface area contributed by atoms with Gasteiger partial charge in [-0.25, -0.2) is 9.78 Å². The van der Waals surface area contributed by atoms with E-state index in [-0.39, 0.29) is 5.97 Å². The largest absolute Gasteiger partial charge is 0.466 e. The quantitative estimate of drug-likeness (QED) is 0.489. The number of aromatic nitrogens is 2. The van der Waals surface area contributed by atoms with Crippen LogP contribution in [0.3, 0.4) is 0 Å². The summed E-state index contributed by atoms with van der Waals surface area (Å²) in [6, 6.07) is 15.9. The average molecular weight is 365 g/mol. The lowest BCUT2D eigenvalue weighted by molar-refractivity contribution is -0.134. The van der Waals surface area contributed by atoms with E-state index in [4.69, 9.17) is 9.72 Å². The Morgan fingerprint density at radius 2 is 1.93 bits per heavy atom. The van der Waals surface area contributed by atoms with E-state index in [2.05, 4.69) is 20.7 Å². The topological polar surface area (TPSA) is 65.4 Å². The number of carbonyl (C=O) groups is 1. The fourth-order valence-electron chi connectivity index (χ4n) is 2.90. The molecule has 0 amide bonds. The summed E-state index contributed by atoms with van der Waals surface area (Å²) in [5.74, 6) is 0.547. The average Bonchev–Trinajstić information content (AvgIpc) is 3.06. The molecule has 0 saturated carbocycles. The van der Waals surface area contributed by atoms with Gasteiger partial charge in [0.15, 0.2) is 0 Å². The highest BCUT2D eigenvalue weighted by atomic mass is 16.5. The highest BCUT2D eigenvalue weighted by Gasteiger charge is 2.10. The van der Waals surface area contributed by atoms with E-state index in [9.17, 15) is 4.79 Å². The summed E-state index contributed by atoms with van der Waals surface area (Å²) in [5, 5.41) is 3.42. The van der Waals surface area contributed by atoms with Gasteiger partial charge in [-0.3, -0.25) is 0 Å². The van der Waals surface area contributed by atoms with Gasteiger partial charge < -0.3 is 19.4 Å². The van der Waals surface area contributed by atoms with Crippen molar-refractivity contribution >= 4 is 28.8 Å². The van der Waals surface area contributed by atoms with Crippen molar-refractivity contribution in [2.45, 2.75) is 13.1 Å². The van der Waals surface area contributed by atoms with E-state index in [1.54, 1.807) is 13.2 Å². The number of carbonyl (C=O) groups excluding carboxylic acids is 1. The number of rotatable bonds is 8. The zero-order chi connectivity index (χ0) is 19.1. The Balaban J connectivity index is 1.83. The molecule has 0 aliphatic carbocycles. The number of nitrogens with zero attached hydrogens (tertiary/aromatic N) is 2. The van der Waals surface area contributed by atoms with Crippen molar-refractivity contribution in [1.29, 1.82) is 0 Å². The normalized spacial score (nSPS) is 11.2. The fourth-order valence-corrected chi connectivity index (χ4v) is 2.90. The maximum absolute atomic E-state index is 11.4. The highest BCUT2D eigenvalue weighted by molar-refractivity contribution is 5.88. The van der Waals surface area contributed by atoms with Crippen LogP contribution in [0.4, 0.5) is 5.69 Å². The number of nitrogens with one attached hydrogen (secondary N) is 1. The first-order valence-electron chi connectivity index (χ1n) is 8.75. The fraction of sp³-hybridized carbons (Fsp3) is 0.238. The maximum atomic E-state index is 11.4. The zero-order valence-corrected chi connectivity index (χ0v) is 15.5. The summed E-state index contributed by atoms with van der Waals surface area (Å²) in [6.07, 6.45) is 3.15. The Kier molecular flexibility index (Phi) is 6.22. The van der Waals surface area contributed by atoms with Gasteiger partial charge in [0.25, 0.3) is 0 Å². The van der Waals surface area contributed by atoms with E-state index in [0.29, 0.717) is 13.2 Å². The number of anilines is 1. The van der Waals surface area contributed by atoms with E-state index in [1.807, 2.05) is 42.5 Å². The van der Waals surface area contributed by atoms with Crippen molar-refractivity contribution in [2.75, 3.05) is 26.1 Å². The third kappa shape index (κ3) is 4.54. The molecule has 0 aliphatic rings. The molecule has 6 heteroatoms. The third-order valence-corrected chi connectivity index (χ3v) is 4.25. The van der Waals surface area contributed by atoms with Gasteiger partial charge in [-0.1, -0.05) is 30.3 Å². The lowest BCUT2D eigenvalue weighted by atomic mass is 10.1. The van der Waals surface area contributed by atoms with Gasteiger partial charge in [0.1, 0.15) is 5.82 Å². The Morgan fingerprint density at radius 1 is 1.15 bits per heavy atom. The molecule has 27 heavy (non-hydrogen) atoms. The predicted molar refractivity (Wildman–Crippen MR) is 106 cm³/mol. The van der Waals surface area contributed by atoms with E-state index in [1.165, 1.54) is 13.2 Å². The first kappa shape index (κ1) is 18.7. The molecular formula is C21H23N3O3.